The molecule has 0 aromatic heterocycles. The number of rotatable bonds is 6. The van der Waals surface area contributed by atoms with Gasteiger partial charge in [-0.2, -0.15) is 5.26 Å². The Hall–Kier alpha value is -1.24. The monoisotopic (exact) mass is 271 g/mol. The number of aldehydes is 1. The fraction of sp³-hybridized carbons (Fsp3) is 0.333. The van der Waals surface area contributed by atoms with E-state index >= 15 is 0 Å². The molecule has 1 aromatic rings. The number of halogens is 2. The number of hydrogen-bond acceptors (Lipinski definition) is 3. The summed E-state index contributed by atoms with van der Waals surface area (Å²) in [6.45, 7) is 0.421. The Morgan fingerprint density at radius 2 is 2.12 bits per heavy atom. The molecule has 0 spiro atoms. The van der Waals surface area contributed by atoms with Crippen LogP contribution in [0.15, 0.2) is 12.1 Å². The topological polar surface area (TPSA) is 50.1 Å². The first-order valence-electron chi connectivity index (χ1n) is 5.13. The second-order valence-electron chi connectivity index (χ2n) is 3.39. The number of nitrogens with zero attached hydrogens (tertiary/aromatic N) is 1. The molecular formula is C12H11Cl2NO2. The summed E-state index contributed by atoms with van der Waals surface area (Å²) in [7, 11) is 0. The SMILES string of the molecule is N#CCCCCOc1c(Cl)cc(Cl)cc1C=O. The van der Waals surface area contributed by atoms with Crippen LogP contribution >= 0.6 is 23.2 Å². The molecule has 1 rings (SSSR count). The van der Waals surface area contributed by atoms with Gasteiger partial charge in [-0.1, -0.05) is 23.2 Å². The number of carbonyl (C=O) groups is 1. The number of benzene rings is 1. The van der Waals surface area contributed by atoms with E-state index < -0.39 is 0 Å². The van der Waals surface area contributed by atoms with Crippen molar-refractivity contribution in [3.05, 3.63) is 27.7 Å². The van der Waals surface area contributed by atoms with Gasteiger partial charge in [0.15, 0.2) is 6.29 Å². The van der Waals surface area contributed by atoms with E-state index in [-0.39, 0.29) is 0 Å². The van der Waals surface area contributed by atoms with E-state index in [2.05, 4.69) is 6.07 Å². The van der Waals surface area contributed by atoms with Crippen LogP contribution in [-0.2, 0) is 0 Å². The van der Waals surface area contributed by atoms with Crippen LogP contribution in [0.4, 0.5) is 0 Å². The van der Waals surface area contributed by atoms with Crippen LogP contribution in [-0.4, -0.2) is 12.9 Å². The lowest BCUT2D eigenvalue weighted by atomic mass is 10.2. The largest absolute Gasteiger partial charge is 0.491 e. The lowest BCUT2D eigenvalue weighted by molar-refractivity contribution is 0.111. The van der Waals surface area contributed by atoms with Crippen LogP contribution in [0, 0.1) is 11.3 Å². The zero-order valence-corrected chi connectivity index (χ0v) is 10.6. The van der Waals surface area contributed by atoms with Crippen molar-refractivity contribution in [1.29, 1.82) is 5.26 Å². The minimum absolute atomic E-state index is 0.319. The third-order valence-electron chi connectivity index (χ3n) is 2.09. The van der Waals surface area contributed by atoms with Gasteiger partial charge in [0.25, 0.3) is 0 Å². The number of ether oxygens (including phenoxy) is 1. The average Bonchev–Trinajstić information content (AvgIpc) is 2.30. The Bertz CT molecular complexity index is 441. The van der Waals surface area contributed by atoms with Crippen molar-refractivity contribution in [2.45, 2.75) is 19.3 Å². The molecule has 1 aromatic carbocycles. The Morgan fingerprint density at radius 3 is 2.76 bits per heavy atom. The first-order chi connectivity index (χ1) is 8.19. The smallest absolute Gasteiger partial charge is 0.153 e. The summed E-state index contributed by atoms with van der Waals surface area (Å²) in [5.74, 6) is 0.350. The molecule has 90 valence electrons. The van der Waals surface area contributed by atoms with Crippen molar-refractivity contribution in [1.82, 2.24) is 0 Å². The van der Waals surface area contributed by atoms with E-state index in [0.717, 1.165) is 12.8 Å². The van der Waals surface area contributed by atoms with E-state index in [4.69, 9.17) is 33.2 Å². The summed E-state index contributed by atoms with van der Waals surface area (Å²) < 4.78 is 5.43. The molecule has 5 heteroatoms. The maximum atomic E-state index is 10.8. The Morgan fingerprint density at radius 1 is 1.35 bits per heavy atom. The summed E-state index contributed by atoms with van der Waals surface area (Å²) in [6.07, 6.45) is 2.66. The van der Waals surface area contributed by atoms with Crippen LogP contribution in [0.25, 0.3) is 0 Å². The third kappa shape index (κ3) is 4.26. The minimum Gasteiger partial charge on any atom is -0.491 e. The summed E-state index contributed by atoms with van der Waals surface area (Å²) >= 11 is 11.7. The first kappa shape index (κ1) is 13.8. The minimum atomic E-state index is 0.319. The number of unbranched alkanes of at least 4 members (excludes halogenated alkanes) is 2. The lowest BCUT2D eigenvalue weighted by Crippen LogP contribution is -2.00. The molecule has 0 aliphatic carbocycles. The van der Waals surface area contributed by atoms with Crippen molar-refractivity contribution < 1.29 is 9.53 Å². The zero-order valence-electron chi connectivity index (χ0n) is 9.08. The van der Waals surface area contributed by atoms with Crippen molar-refractivity contribution in [2.24, 2.45) is 0 Å². The molecule has 3 nitrogen and oxygen atoms in total. The van der Waals surface area contributed by atoms with Gasteiger partial charge in [-0.3, -0.25) is 4.79 Å². The summed E-state index contributed by atoms with van der Waals surface area (Å²) in [4.78, 5) is 10.8. The van der Waals surface area contributed by atoms with Crippen molar-refractivity contribution in [2.75, 3.05) is 6.61 Å². The van der Waals surface area contributed by atoms with E-state index in [1.54, 1.807) is 0 Å². The molecule has 0 aliphatic heterocycles. The van der Waals surface area contributed by atoms with Gasteiger partial charge in [-0.05, 0) is 25.0 Å². The molecule has 0 unspecified atom stereocenters. The molecule has 0 fully saturated rings. The van der Waals surface area contributed by atoms with Gasteiger partial charge in [0.2, 0.25) is 0 Å². The fourth-order valence-corrected chi connectivity index (χ4v) is 1.86. The predicted molar refractivity (Wildman–Crippen MR) is 66.8 cm³/mol. The molecule has 0 radical (unpaired) electrons. The highest BCUT2D eigenvalue weighted by Gasteiger charge is 2.09. The fourth-order valence-electron chi connectivity index (χ4n) is 1.30. The number of carbonyl (C=O) groups excluding carboxylic acids is 1. The highest BCUT2D eigenvalue weighted by molar-refractivity contribution is 6.36. The van der Waals surface area contributed by atoms with Gasteiger partial charge in [0, 0.05) is 11.4 Å². The molecule has 0 heterocycles. The van der Waals surface area contributed by atoms with Crippen LogP contribution < -0.4 is 4.74 Å². The van der Waals surface area contributed by atoms with Gasteiger partial charge < -0.3 is 4.74 Å². The van der Waals surface area contributed by atoms with E-state index in [1.807, 2.05) is 0 Å². The van der Waals surface area contributed by atoms with Crippen LogP contribution in [0.2, 0.25) is 10.0 Å². The van der Waals surface area contributed by atoms with Gasteiger partial charge in [0.05, 0.1) is 23.3 Å². The normalized spacial score (nSPS) is 9.71. The molecular weight excluding hydrogens is 261 g/mol. The lowest BCUT2D eigenvalue weighted by Gasteiger charge is -2.10. The maximum Gasteiger partial charge on any atom is 0.153 e. The third-order valence-corrected chi connectivity index (χ3v) is 2.59. The van der Waals surface area contributed by atoms with Crippen molar-refractivity contribution in [3.8, 4) is 11.8 Å². The van der Waals surface area contributed by atoms with Gasteiger partial charge in [0.1, 0.15) is 5.75 Å². The van der Waals surface area contributed by atoms with Gasteiger partial charge in [-0.25, -0.2) is 0 Å². The molecule has 0 saturated carbocycles. The molecule has 0 N–H and O–H groups in total. The van der Waals surface area contributed by atoms with Crippen molar-refractivity contribution >= 4 is 29.5 Å². The molecule has 0 aliphatic rings. The van der Waals surface area contributed by atoms with E-state index in [0.29, 0.717) is 40.7 Å². The molecule has 0 atom stereocenters. The maximum absolute atomic E-state index is 10.8. The summed E-state index contributed by atoms with van der Waals surface area (Å²) in [5.41, 5.74) is 0.336. The Kier molecular flexibility index (Phi) is 5.82. The molecule has 17 heavy (non-hydrogen) atoms. The zero-order chi connectivity index (χ0) is 12.7. The summed E-state index contributed by atoms with van der Waals surface area (Å²) in [6, 6.07) is 5.09. The van der Waals surface area contributed by atoms with Crippen LogP contribution in [0.5, 0.6) is 5.75 Å². The quantitative estimate of drug-likeness (QED) is 0.583. The predicted octanol–water partition coefficient (Wildman–Crippen LogP) is 3.88. The summed E-state index contributed by atoms with van der Waals surface area (Å²) in [5, 5.41) is 9.08. The number of hydrogen-bond donors (Lipinski definition) is 0. The van der Waals surface area contributed by atoms with E-state index in [9.17, 15) is 4.79 Å². The van der Waals surface area contributed by atoms with Crippen molar-refractivity contribution in [3.63, 3.8) is 0 Å². The first-order valence-corrected chi connectivity index (χ1v) is 5.88. The molecule has 0 bridgehead atoms. The standard InChI is InChI=1S/C12H11Cl2NO2/c13-10-6-9(8-16)12(11(14)7-10)17-5-3-1-2-4-15/h6-8H,1-3,5H2. The second kappa shape index (κ2) is 7.16. The van der Waals surface area contributed by atoms with Gasteiger partial charge in [-0.15, -0.1) is 0 Å². The van der Waals surface area contributed by atoms with Crippen LogP contribution in [0.3, 0.4) is 0 Å². The Labute approximate surface area is 110 Å². The van der Waals surface area contributed by atoms with Gasteiger partial charge >= 0.3 is 0 Å². The molecule has 0 amide bonds. The highest BCUT2D eigenvalue weighted by atomic mass is 35.5. The van der Waals surface area contributed by atoms with E-state index in [1.165, 1.54) is 12.1 Å². The highest BCUT2D eigenvalue weighted by Crippen LogP contribution is 2.31. The molecule has 0 saturated heterocycles. The number of nitriles is 1. The Balaban J connectivity index is 2.64. The average molecular weight is 272 g/mol. The van der Waals surface area contributed by atoms with Crippen LogP contribution in [0.1, 0.15) is 29.6 Å². The second-order valence-corrected chi connectivity index (χ2v) is 4.23.